The number of likely N-dealkylation sites (tertiary alicyclic amines) is 1. The fraction of sp³-hybridized carbons (Fsp3) is 0.417. The molecule has 0 unspecified atom stereocenters. The molecule has 0 bridgehead atoms. The second kappa shape index (κ2) is 4.34. The van der Waals surface area contributed by atoms with E-state index < -0.39 is 0 Å². The predicted octanol–water partition coefficient (Wildman–Crippen LogP) is 2.44. The molecule has 2 N–H and O–H groups in total. The number of aryl methyl sites for hydroxylation is 1. The van der Waals surface area contributed by atoms with Crippen LogP contribution in [0.5, 0.6) is 0 Å². The maximum absolute atomic E-state index is 7.89. The first-order valence-electron chi connectivity index (χ1n) is 5.43. The molecule has 1 aliphatic rings. The Balaban J connectivity index is 1.96. The average molecular weight is 203 g/mol. The van der Waals surface area contributed by atoms with Crippen LogP contribution in [0.25, 0.3) is 0 Å². The lowest BCUT2D eigenvalue weighted by molar-refractivity contribution is 0.514. The first kappa shape index (κ1) is 10.0. The highest BCUT2D eigenvalue weighted by atomic mass is 15.3. The lowest BCUT2D eigenvalue weighted by atomic mass is 10.2. The molecule has 0 saturated carbocycles. The van der Waals surface area contributed by atoms with Crippen molar-refractivity contribution >= 4 is 11.6 Å². The van der Waals surface area contributed by atoms with Gasteiger partial charge in [0.15, 0.2) is 5.96 Å². The van der Waals surface area contributed by atoms with Gasteiger partial charge in [0, 0.05) is 18.8 Å². The molecule has 0 radical (unpaired) electrons. The van der Waals surface area contributed by atoms with E-state index in [-0.39, 0.29) is 0 Å². The molecule has 1 heterocycles. The Labute approximate surface area is 90.6 Å². The second-order valence-electron chi connectivity index (χ2n) is 4.03. The molecule has 0 amide bonds. The van der Waals surface area contributed by atoms with Crippen molar-refractivity contribution in [2.45, 2.75) is 19.8 Å². The molecule has 0 atom stereocenters. The Hall–Kier alpha value is -1.51. The predicted molar refractivity (Wildman–Crippen MR) is 63.3 cm³/mol. The molecule has 0 aromatic heterocycles. The van der Waals surface area contributed by atoms with Crippen LogP contribution in [0.4, 0.5) is 5.69 Å². The lowest BCUT2D eigenvalue weighted by Gasteiger charge is -2.19. The van der Waals surface area contributed by atoms with E-state index in [0.717, 1.165) is 18.8 Å². The van der Waals surface area contributed by atoms with Crippen LogP contribution in [0.1, 0.15) is 18.4 Å². The van der Waals surface area contributed by atoms with Gasteiger partial charge in [-0.15, -0.1) is 0 Å². The third-order valence-electron chi connectivity index (χ3n) is 2.74. The van der Waals surface area contributed by atoms with Crippen LogP contribution in [0.3, 0.4) is 0 Å². The number of hydrogen-bond acceptors (Lipinski definition) is 1. The topological polar surface area (TPSA) is 39.1 Å². The number of nitrogens with one attached hydrogen (secondary N) is 2. The number of guanidine groups is 1. The summed E-state index contributed by atoms with van der Waals surface area (Å²) in [6.07, 6.45) is 2.41. The molecule has 1 fully saturated rings. The minimum Gasteiger partial charge on any atom is -0.343 e. The zero-order valence-electron chi connectivity index (χ0n) is 9.09. The van der Waals surface area contributed by atoms with Crippen molar-refractivity contribution in [3.05, 3.63) is 29.8 Å². The Morgan fingerprint density at radius 2 is 1.80 bits per heavy atom. The molecule has 15 heavy (non-hydrogen) atoms. The van der Waals surface area contributed by atoms with Gasteiger partial charge in [-0.05, 0) is 31.9 Å². The summed E-state index contributed by atoms with van der Waals surface area (Å²) in [7, 11) is 0. The summed E-state index contributed by atoms with van der Waals surface area (Å²) >= 11 is 0. The molecule has 0 aliphatic carbocycles. The number of anilines is 1. The Morgan fingerprint density at radius 3 is 2.40 bits per heavy atom. The minimum absolute atomic E-state index is 0.524. The number of rotatable bonds is 1. The molecule has 0 spiro atoms. The SMILES string of the molecule is Cc1ccc(NC(=N)N2CCCC2)cc1. The Morgan fingerprint density at radius 1 is 1.20 bits per heavy atom. The quantitative estimate of drug-likeness (QED) is 0.543. The highest BCUT2D eigenvalue weighted by Gasteiger charge is 2.14. The van der Waals surface area contributed by atoms with Crippen molar-refractivity contribution in [1.29, 1.82) is 5.41 Å². The van der Waals surface area contributed by atoms with E-state index in [1.54, 1.807) is 0 Å². The van der Waals surface area contributed by atoms with E-state index in [1.807, 2.05) is 12.1 Å². The average Bonchev–Trinajstić information content (AvgIpc) is 2.74. The molecular formula is C12H17N3. The van der Waals surface area contributed by atoms with Crippen LogP contribution >= 0.6 is 0 Å². The summed E-state index contributed by atoms with van der Waals surface area (Å²) in [6, 6.07) is 8.14. The first-order chi connectivity index (χ1) is 7.25. The largest absolute Gasteiger partial charge is 0.343 e. The minimum atomic E-state index is 0.524. The monoisotopic (exact) mass is 203 g/mol. The van der Waals surface area contributed by atoms with Crippen molar-refractivity contribution in [3.63, 3.8) is 0 Å². The molecule has 1 aromatic carbocycles. The zero-order chi connectivity index (χ0) is 10.7. The summed E-state index contributed by atoms with van der Waals surface area (Å²) in [5.41, 5.74) is 2.24. The van der Waals surface area contributed by atoms with E-state index in [9.17, 15) is 0 Å². The third kappa shape index (κ3) is 2.49. The fourth-order valence-corrected chi connectivity index (χ4v) is 1.79. The summed E-state index contributed by atoms with van der Waals surface area (Å²) < 4.78 is 0. The van der Waals surface area contributed by atoms with Crippen LogP contribution in [0.15, 0.2) is 24.3 Å². The molecule has 1 aliphatic heterocycles. The lowest BCUT2D eigenvalue weighted by Crippen LogP contribution is -2.32. The van der Waals surface area contributed by atoms with Crippen LogP contribution in [0.2, 0.25) is 0 Å². The van der Waals surface area contributed by atoms with Crippen LogP contribution in [0, 0.1) is 12.3 Å². The highest BCUT2D eigenvalue weighted by Crippen LogP contribution is 2.12. The maximum atomic E-state index is 7.89. The number of hydrogen-bond donors (Lipinski definition) is 2. The van der Waals surface area contributed by atoms with Crippen molar-refractivity contribution < 1.29 is 0 Å². The van der Waals surface area contributed by atoms with Gasteiger partial charge in [0.05, 0.1) is 0 Å². The Kier molecular flexibility index (Phi) is 2.90. The standard InChI is InChI=1S/C12H17N3/c1-10-4-6-11(7-5-10)14-12(13)15-8-2-3-9-15/h4-7H,2-3,8-9H2,1H3,(H2,13,14). The van der Waals surface area contributed by atoms with Gasteiger partial charge in [-0.25, -0.2) is 0 Å². The Bertz CT molecular complexity index is 336. The van der Waals surface area contributed by atoms with Gasteiger partial charge in [-0.1, -0.05) is 17.7 Å². The molecule has 1 saturated heterocycles. The van der Waals surface area contributed by atoms with E-state index >= 15 is 0 Å². The molecular weight excluding hydrogens is 186 g/mol. The summed E-state index contributed by atoms with van der Waals surface area (Å²) in [4.78, 5) is 2.08. The van der Waals surface area contributed by atoms with Gasteiger partial charge in [-0.3, -0.25) is 5.41 Å². The molecule has 80 valence electrons. The van der Waals surface area contributed by atoms with Crippen LogP contribution in [-0.4, -0.2) is 23.9 Å². The van der Waals surface area contributed by atoms with Crippen molar-refractivity contribution in [2.75, 3.05) is 18.4 Å². The number of nitrogens with zero attached hydrogens (tertiary/aromatic N) is 1. The van der Waals surface area contributed by atoms with Crippen molar-refractivity contribution in [1.82, 2.24) is 4.90 Å². The zero-order valence-corrected chi connectivity index (χ0v) is 9.09. The highest BCUT2D eigenvalue weighted by molar-refractivity contribution is 5.91. The second-order valence-corrected chi connectivity index (χ2v) is 4.03. The molecule has 3 heteroatoms. The van der Waals surface area contributed by atoms with Crippen molar-refractivity contribution in [3.8, 4) is 0 Å². The van der Waals surface area contributed by atoms with Crippen LogP contribution in [-0.2, 0) is 0 Å². The summed E-state index contributed by atoms with van der Waals surface area (Å²) in [5, 5.41) is 11.0. The van der Waals surface area contributed by atoms with Gasteiger partial charge in [-0.2, -0.15) is 0 Å². The summed E-state index contributed by atoms with van der Waals surface area (Å²) in [6.45, 7) is 4.09. The molecule has 2 rings (SSSR count). The third-order valence-corrected chi connectivity index (χ3v) is 2.74. The van der Waals surface area contributed by atoms with Gasteiger partial charge in [0.25, 0.3) is 0 Å². The number of benzene rings is 1. The van der Waals surface area contributed by atoms with Gasteiger partial charge >= 0.3 is 0 Å². The van der Waals surface area contributed by atoms with Gasteiger partial charge in [0.1, 0.15) is 0 Å². The van der Waals surface area contributed by atoms with Gasteiger partial charge in [0.2, 0.25) is 0 Å². The van der Waals surface area contributed by atoms with Crippen molar-refractivity contribution in [2.24, 2.45) is 0 Å². The van der Waals surface area contributed by atoms with Gasteiger partial charge < -0.3 is 10.2 Å². The van der Waals surface area contributed by atoms with E-state index in [4.69, 9.17) is 5.41 Å². The van der Waals surface area contributed by atoms with Crippen LogP contribution < -0.4 is 5.32 Å². The molecule has 1 aromatic rings. The summed E-state index contributed by atoms with van der Waals surface area (Å²) in [5.74, 6) is 0.524. The van der Waals surface area contributed by atoms with E-state index in [2.05, 4.69) is 29.3 Å². The normalized spacial score (nSPS) is 15.4. The fourth-order valence-electron chi connectivity index (χ4n) is 1.79. The van der Waals surface area contributed by atoms with E-state index in [1.165, 1.54) is 18.4 Å². The smallest absolute Gasteiger partial charge is 0.195 e. The first-order valence-corrected chi connectivity index (χ1v) is 5.43. The maximum Gasteiger partial charge on any atom is 0.195 e. The molecule has 3 nitrogen and oxygen atoms in total. The van der Waals surface area contributed by atoms with E-state index in [0.29, 0.717) is 5.96 Å².